The van der Waals surface area contributed by atoms with Gasteiger partial charge in [-0.15, -0.1) is 0 Å². The summed E-state index contributed by atoms with van der Waals surface area (Å²) in [6.07, 6.45) is 4.77. The molecule has 2 nitrogen and oxygen atoms in total. The number of rotatable bonds is 1. The fourth-order valence-electron chi connectivity index (χ4n) is 3.21. The van der Waals surface area contributed by atoms with E-state index in [-0.39, 0.29) is 10.8 Å². The minimum atomic E-state index is -0.568. The van der Waals surface area contributed by atoms with Gasteiger partial charge in [0.05, 0.1) is 5.41 Å². The molecule has 60 valence electrons. The molecular formula is C9H12O2. The zero-order chi connectivity index (χ0) is 7.91. The van der Waals surface area contributed by atoms with E-state index in [2.05, 4.69) is 0 Å². The molecule has 11 heavy (non-hydrogen) atoms. The van der Waals surface area contributed by atoms with Gasteiger partial charge in [0.2, 0.25) is 0 Å². The summed E-state index contributed by atoms with van der Waals surface area (Å²) in [5.74, 6) is -0.568. The van der Waals surface area contributed by atoms with Crippen molar-refractivity contribution >= 4 is 5.97 Å². The topological polar surface area (TPSA) is 37.3 Å². The maximum absolute atomic E-state index is 10.9. The van der Waals surface area contributed by atoms with Crippen molar-refractivity contribution in [2.45, 2.75) is 32.6 Å². The summed E-state index contributed by atoms with van der Waals surface area (Å²) < 4.78 is 0. The molecule has 2 unspecified atom stereocenters. The summed E-state index contributed by atoms with van der Waals surface area (Å²) in [7, 11) is 0. The van der Waals surface area contributed by atoms with Crippen LogP contribution in [0.2, 0.25) is 0 Å². The van der Waals surface area contributed by atoms with Crippen molar-refractivity contribution in [2.75, 3.05) is 0 Å². The van der Waals surface area contributed by atoms with Crippen LogP contribution in [-0.4, -0.2) is 11.1 Å². The zero-order valence-corrected chi connectivity index (χ0v) is 6.68. The predicted molar refractivity (Wildman–Crippen MR) is 39.1 cm³/mol. The molecule has 2 heteroatoms. The average Bonchev–Trinajstić information content (AvgIpc) is 2.77. The van der Waals surface area contributed by atoms with Crippen molar-refractivity contribution in [1.29, 1.82) is 0 Å². The van der Waals surface area contributed by atoms with Gasteiger partial charge in [-0.05, 0) is 43.4 Å². The number of carboxylic acid groups (broad SMARTS) is 1. The van der Waals surface area contributed by atoms with E-state index < -0.39 is 5.97 Å². The minimum Gasteiger partial charge on any atom is -0.481 e. The number of hydrogen-bond donors (Lipinski definition) is 1. The van der Waals surface area contributed by atoms with Gasteiger partial charge in [-0.1, -0.05) is 0 Å². The zero-order valence-electron chi connectivity index (χ0n) is 6.68. The van der Waals surface area contributed by atoms with E-state index in [9.17, 15) is 4.79 Å². The first-order valence-electron chi connectivity index (χ1n) is 4.30. The molecule has 0 aliphatic heterocycles. The van der Waals surface area contributed by atoms with Gasteiger partial charge in [0.15, 0.2) is 0 Å². The fraction of sp³-hybridized carbons (Fsp3) is 0.889. The van der Waals surface area contributed by atoms with Crippen LogP contribution in [0.25, 0.3) is 0 Å². The van der Waals surface area contributed by atoms with Crippen LogP contribution in [0.4, 0.5) is 0 Å². The maximum Gasteiger partial charge on any atom is 0.309 e. The van der Waals surface area contributed by atoms with Crippen LogP contribution in [0.15, 0.2) is 0 Å². The molecular weight excluding hydrogens is 140 g/mol. The van der Waals surface area contributed by atoms with Crippen molar-refractivity contribution in [1.82, 2.24) is 0 Å². The molecule has 3 aliphatic carbocycles. The Bertz CT molecular complexity index is 267. The quantitative estimate of drug-likeness (QED) is 0.620. The molecule has 2 atom stereocenters. The summed E-state index contributed by atoms with van der Waals surface area (Å²) in [6.45, 7) is 1.92. The summed E-state index contributed by atoms with van der Waals surface area (Å²) in [5, 5.41) is 8.95. The Kier molecular flexibility index (Phi) is 0.623. The lowest BCUT2D eigenvalue weighted by molar-refractivity contribution is -0.143. The first-order valence-corrected chi connectivity index (χ1v) is 4.30. The second kappa shape index (κ2) is 1.13. The Labute approximate surface area is 65.6 Å². The summed E-state index contributed by atoms with van der Waals surface area (Å²) in [4.78, 5) is 10.9. The molecule has 0 aromatic rings. The third-order valence-electron chi connectivity index (χ3n) is 4.44. The van der Waals surface area contributed by atoms with Gasteiger partial charge in [0, 0.05) is 0 Å². The number of aliphatic carboxylic acids is 1. The van der Waals surface area contributed by atoms with Crippen LogP contribution in [0.1, 0.15) is 32.6 Å². The normalized spacial score (nSPS) is 54.6. The highest BCUT2D eigenvalue weighted by Gasteiger charge is 2.90. The highest BCUT2D eigenvalue weighted by atomic mass is 16.4. The molecule has 3 rings (SSSR count). The highest BCUT2D eigenvalue weighted by molar-refractivity contribution is 5.81. The predicted octanol–water partition coefficient (Wildman–Crippen LogP) is 1.65. The minimum absolute atomic E-state index is 0.284. The van der Waals surface area contributed by atoms with Gasteiger partial charge in [-0.25, -0.2) is 0 Å². The molecule has 0 aromatic heterocycles. The molecule has 0 heterocycles. The van der Waals surface area contributed by atoms with E-state index >= 15 is 0 Å². The number of fused-ring (bicyclic) bond motifs is 1. The third kappa shape index (κ3) is 0.397. The second-order valence-electron chi connectivity index (χ2n) is 4.85. The standard InChI is InChI=1S/C9H12O2/c1-7(6(10)11)4-9(7)5-8(9)2-3-8/h2-5H2,1H3,(H,10,11). The number of carboxylic acids is 1. The molecule has 0 saturated heterocycles. The van der Waals surface area contributed by atoms with E-state index in [1.807, 2.05) is 6.92 Å². The molecule has 3 saturated carbocycles. The Balaban J connectivity index is 1.93. The van der Waals surface area contributed by atoms with Crippen LogP contribution in [0.5, 0.6) is 0 Å². The van der Waals surface area contributed by atoms with Crippen molar-refractivity contribution < 1.29 is 9.90 Å². The largest absolute Gasteiger partial charge is 0.481 e. The van der Waals surface area contributed by atoms with Crippen molar-refractivity contribution in [2.24, 2.45) is 16.2 Å². The van der Waals surface area contributed by atoms with Crippen LogP contribution in [0, 0.1) is 16.2 Å². The lowest BCUT2D eigenvalue weighted by Gasteiger charge is -2.01. The van der Waals surface area contributed by atoms with E-state index in [4.69, 9.17) is 5.11 Å². The van der Waals surface area contributed by atoms with Gasteiger partial charge in [0.1, 0.15) is 0 Å². The molecule has 3 fully saturated rings. The third-order valence-corrected chi connectivity index (χ3v) is 4.44. The first kappa shape index (κ1) is 6.04. The van der Waals surface area contributed by atoms with E-state index in [1.54, 1.807) is 0 Å². The summed E-state index contributed by atoms with van der Waals surface area (Å²) >= 11 is 0. The Morgan fingerprint density at radius 3 is 2.27 bits per heavy atom. The average molecular weight is 152 g/mol. The van der Waals surface area contributed by atoms with Gasteiger partial charge in [-0.2, -0.15) is 0 Å². The van der Waals surface area contributed by atoms with Crippen LogP contribution >= 0.6 is 0 Å². The molecule has 2 spiro atoms. The first-order chi connectivity index (χ1) is 5.06. The SMILES string of the molecule is CC1(C(=O)O)CC12CC21CC1. The maximum atomic E-state index is 10.9. The van der Waals surface area contributed by atoms with Gasteiger partial charge >= 0.3 is 5.97 Å². The van der Waals surface area contributed by atoms with Crippen LogP contribution < -0.4 is 0 Å². The lowest BCUT2D eigenvalue weighted by Crippen LogP contribution is -2.14. The van der Waals surface area contributed by atoms with Crippen molar-refractivity contribution in [3.63, 3.8) is 0 Å². The molecule has 0 radical (unpaired) electrons. The van der Waals surface area contributed by atoms with Crippen LogP contribution in [-0.2, 0) is 4.79 Å². The molecule has 3 aliphatic rings. The summed E-state index contributed by atoms with van der Waals surface area (Å²) in [5.41, 5.74) is 0.496. The van der Waals surface area contributed by atoms with Gasteiger partial charge in [0.25, 0.3) is 0 Å². The van der Waals surface area contributed by atoms with Crippen LogP contribution in [0.3, 0.4) is 0 Å². The van der Waals surface area contributed by atoms with E-state index in [1.165, 1.54) is 19.3 Å². The Hall–Kier alpha value is -0.530. The van der Waals surface area contributed by atoms with Gasteiger partial charge in [-0.3, -0.25) is 4.79 Å². The molecule has 0 aromatic carbocycles. The Morgan fingerprint density at radius 1 is 1.36 bits per heavy atom. The lowest BCUT2D eigenvalue weighted by atomic mass is 10.0. The van der Waals surface area contributed by atoms with Gasteiger partial charge < -0.3 is 5.11 Å². The summed E-state index contributed by atoms with van der Waals surface area (Å²) in [6, 6.07) is 0. The number of carbonyl (C=O) groups is 1. The monoisotopic (exact) mass is 152 g/mol. The highest BCUT2D eigenvalue weighted by Crippen LogP contribution is 2.95. The van der Waals surface area contributed by atoms with Crippen molar-refractivity contribution in [3.8, 4) is 0 Å². The Morgan fingerprint density at radius 2 is 2.00 bits per heavy atom. The molecule has 0 amide bonds. The van der Waals surface area contributed by atoms with E-state index in [0.717, 1.165) is 6.42 Å². The van der Waals surface area contributed by atoms with Crippen molar-refractivity contribution in [3.05, 3.63) is 0 Å². The molecule has 0 bridgehead atoms. The number of hydrogen-bond acceptors (Lipinski definition) is 1. The fourth-order valence-corrected chi connectivity index (χ4v) is 3.21. The smallest absolute Gasteiger partial charge is 0.309 e. The van der Waals surface area contributed by atoms with E-state index in [0.29, 0.717) is 5.41 Å². The second-order valence-corrected chi connectivity index (χ2v) is 4.85. The molecule has 1 N–H and O–H groups in total.